The molecule has 0 aromatic heterocycles. The number of hydrogen-bond donors (Lipinski definition) is 0. The van der Waals surface area contributed by atoms with Crippen LogP contribution in [0, 0.1) is 34.3 Å². The number of carbonyl (C=O) groups excluding carboxylic acids is 2. The number of nitriles is 2. The van der Waals surface area contributed by atoms with Crippen LogP contribution in [-0.2, 0) is 0 Å². The van der Waals surface area contributed by atoms with Gasteiger partial charge in [0.15, 0.2) is 0 Å². The Morgan fingerprint density at radius 3 is 1.34 bits per heavy atom. The van der Waals surface area contributed by atoms with Crippen molar-refractivity contribution in [2.24, 2.45) is 0 Å². The molecule has 0 spiro atoms. The number of ether oxygens (including phenoxy) is 2. The Labute approximate surface area is 216 Å². The topological polar surface area (TPSA) is 100 Å². The molecule has 0 radical (unpaired) electrons. The van der Waals surface area contributed by atoms with Gasteiger partial charge in [-0.25, -0.2) is 18.4 Å². The van der Waals surface area contributed by atoms with Crippen molar-refractivity contribution in [3.8, 4) is 23.6 Å². The molecule has 186 valence electrons. The number of benzene rings is 4. The number of rotatable bonds is 6. The molecule has 0 saturated heterocycles. The zero-order chi connectivity index (χ0) is 27.2. The number of carbonyl (C=O) groups is 2. The first-order valence-electron chi connectivity index (χ1n) is 11.3. The molecule has 0 aliphatic rings. The van der Waals surface area contributed by atoms with Gasteiger partial charge in [-0.1, -0.05) is 31.2 Å². The minimum Gasteiger partial charge on any atom is -0.423 e. The summed E-state index contributed by atoms with van der Waals surface area (Å²) in [6, 6.07) is 24.0. The molecule has 0 aliphatic carbocycles. The third-order valence-corrected chi connectivity index (χ3v) is 5.84. The van der Waals surface area contributed by atoms with Gasteiger partial charge in [0.1, 0.15) is 35.3 Å². The minimum atomic E-state index is -0.774. The second-order valence-electron chi connectivity index (χ2n) is 8.25. The Kier molecular flexibility index (Phi) is 7.56. The van der Waals surface area contributed by atoms with Crippen molar-refractivity contribution in [2.75, 3.05) is 0 Å². The van der Waals surface area contributed by atoms with Gasteiger partial charge >= 0.3 is 11.9 Å². The smallest absolute Gasteiger partial charge is 0.343 e. The van der Waals surface area contributed by atoms with E-state index in [9.17, 15) is 18.4 Å². The molecule has 0 atom stereocenters. The van der Waals surface area contributed by atoms with Crippen LogP contribution in [0.4, 0.5) is 8.78 Å². The van der Waals surface area contributed by atoms with E-state index in [-0.39, 0.29) is 39.7 Å². The van der Waals surface area contributed by atoms with Gasteiger partial charge in [-0.15, -0.1) is 0 Å². The lowest BCUT2D eigenvalue weighted by molar-refractivity contribution is 0.0724. The summed E-state index contributed by atoms with van der Waals surface area (Å²) in [5.74, 6) is -2.98. The molecular weight excluding hydrogens is 490 g/mol. The predicted octanol–water partition coefficient (Wildman–Crippen LogP) is 6.30. The van der Waals surface area contributed by atoms with Crippen molar-refractivity contribution >= 4 is 11.9 Å². The monoisotopic (exact) mass is 508 g/mol. The summed E-state index contributed by atoms with van der Waals surface area (Å²) >= 11 is 0. The summed E-state index contributed by atoms with van der Waals surface area (Å²) in [6.07, 6.45) is 0. The van der Waals surface area contributed by atoms with E-state index in [1.54, 1.807) is 60.7 Å². The summed E-state index contributed by atoms with van der Waals surface area (Å²) in [4.78, 5) is 24.9. The van der Waals surface area contributed by atoms with Crippen LogP contribution in [-0.4, -0.2) is 11.9 Å². The van der Waals surface area contributed by atoms with Crippen molar-refractivity contribution in [3.63, 3.8) is 0 Å². The molecule has 8 heteroatoms. The minimum absolute atomic E-state index is 0.00752. The fraction of sp³-hybridized carbons (Fsp3) is 0.0667. The summed E-state index contributed by atoms with van der Waals surface area (Å²) in [5, 5.41) is 17.6. The molecule has 4 rings (SSSR count). The summed E-state index contributed by atoms with van der Waals surface area (Å²) in [5.41, 5.74) is 2.04. The van der Waals surface area contributed by atoms with Gasteiger partial charge in [-0.05, 0) is 59.7 Å². The fourth-order valence-corrected chi connectivity index (χ4v) is 3.64. The molecule has 0 aliphatic heterocycles. The average Bonchev–Trinajstić information content (AvgIpc) is 2.93. The Morgan fingerprint density at radius 2 is 1.03 bits per heavy atom. The van der Waals surface area contributed by atoms with Gasteiger partial charge in [-0.3, -0.25) is 0 Å². The van der Waals surface area contributed by atoms with Crippen LogP contribution in [0.2, 0.25) is 0 Å². The first kappa shape index (κ1) is 25.7. The van der Waals surface area contributed by atoms with Crippen LogP contribution < -0.4 is 9.47 Å². The highest BCUT2D eigenvalue weighted by Crippen LogP contribution is 2.26. The van der Waals surface area contributed by atoms with Gasteiger partial charge < -0.3 is 9.47 Å². The molecular formula is C30H18F2N2O4. The maximum atomic E-state index is 13.8. The van der Waals surface area contributed by atoms with E-state index in [2.05, 4.69) is 0 Å². The quantitative estimate of drug-likeness (QED) is 0.224. The molecule has 0 fully saturated rings. The van der Waals surface area contributed by atoms with Crippen LogP contribution in [0.25, 0.3) is 0 Å². The molecule has 0 amide bonds. The summed E-state index contributed by atoms with van der Waals surface area (Å²) < 4.78 is 37.9. The maximum Gasteiger partial charge on any atom is 0.343 e. The Morgan fingerprint density at radius 1 is 0.658 bits per heavy atom. The van der Waals surface area contributed by atoms with E-state index < -0.39 is 23.6 Å². The van der Waals surface area contributed by atoms with Crippen molar-refractivity contribution in [1.29, 1.82) is 10.5 Å². The van der Waals surface area contributed by atoms with Crippen LogP contribution in [0.5, 0.6) is 11.5 Å². The van der Waals surface area contributed by atoms with Gasteiger partial charge in [0.25, 0.3) is 0 Å². The molecule has 4 aromatic rings. The number of nitrogens with zero attached hydrogens (tertiary/aromatic N) is 2. The van der Waals surface area contributed by atoms with Gasteiger partial charge in [0.05, 0.1) is 22.3 Å². The van der Waals surface area contributed by atoms with Crippen LogP contribution in [0.3, 0.4) is 0 Å². The molecule has 0 saturated carbocycles. The van der Waals surface area contributed by atoms with Gasteiger partial charge in [-0.2, -0.15) is 10.5 Å². The summed E-state index contributed by atoms with van der Waals surface area (Å²) in [6.45, 7) is 1.96. The second kappa shape index (κ2) is 11.2. The Hall–Kier alpha value is -5.34. The van der Waals surface area contributed by atoms with E-state index in [1.807, 2.05) is 6.92 Å². The van der Waals surface area contributed by atoms with Crippen molar-refractivity contribution in [1.82, 2.24) is 0 Å². The third kappa shape index (κ3) is 5.72. The van der Waals surface area contributed by atoms with Crippen LogP contribution >= 0.6 is 0 Å². The van der Waals surface area contributed by atoms with E-state index in [4.69, 9.17) is 20.0 Å². The number of halogens is 2. The summed E-state index contributed by atoms with van der Waals surface area (Å²) in [7, 11) is 0. The van der Waals surface area contributed by atoms with Gasteiger partial charge in [0, 0.05) is 18.1 Å². The number of hydrogen-bond acceptors (Lipinski definition) is 6. The predicted molar refractivity (Wildman–Crippen MR) is 133 cm³/mol. The largest absolute Gasteiger partial charge is 0.423 e. The molecule has 6 nitrogen and oxygen atoms in total. The van der Waals surface area contributed by atoms with Crippen molar-refractivity contribution < 1.29 is 27.8 Å². The fourth-order valence-electron chi connectivity index (χ4n) is 3.64. The highest BCUT2D eigenvalue weighted by Gasteiger charge is 2.15. The number of esters is 2. The molecule has 0 unspecified atom stereocenters. The second-order valence-corrected chi connectivity index (χ2v) is 8.25. The molecule has 4 aromatic carbocycles. The highest BCUT2D eigenvalue weighted by molar-refractivity contribution is 5.91. The molecule has 38 heavy (non-hydrogen) atoms. The SMILES string of the molecule is CC(c1ccc(C(=O)Oc2ccc(C#N)c(F)c2)cc1)c1ccc(C(=O)Oc2ccc(C#N)c(F)c2)cc1. The van der Waals surface area contributed by atoms with Crippen molar-refractivity contribution in [2.45, 2.75) is 12.8 Å². The lowest BCUT2D eigenvalue weighted by atomic mass is 9.92. The van der Waals surface area contributed by atoms with E-state index >= 15 is 0 Å². The average molecular weight is 508 g/mol. The molecule has 0 heterocycles. The zero-order valence-electron chi connectivity index (χ0n) is 19.9. The molecule has 0 N–H and O–H groups in total. The lowest BCUT2D eigenvalue weighted by Crippen LogP contribution is -2.10. The first-order valence-corrected chi connectivity index (χ1v) is 11.3. The van der Waals surface area contributed by atoms with E-state index in [0.717, 1.165) is 23.3 Å². The Bertz CT molecular complexity index is 1480. The third-order valence-electron chi connectivity index (χ3n) is 5.84. The molecule has 0 bridgehead atoms. The van der Waals surface area contributed by atoms with Gasteiger partial charge in [0.2, 0.25) is 0 Å². The van der Waals surface area contributed by atoms with Crippen LogP contribution in [0.1, 0.15) is 55.8 Å². The highest BCUT2D eigenvalue weighted by atomic mass is 19.1. The van der Waals surface area contributed by atoms with E-state index in [0.29, 0.717) is 0 Å². The van der Waals surface area contributed by atoms with E-state index in [1.165, 1.54) is 24.3 Å². The maximum absolute atomic E-state index is 13.8. The normalized spacial score (nSPS) is 10.4. The first-order chi connectivity index (χ1) is 18.3. The zero-order valence-corrected chi connectivity index (χ0v) is 19.9. The lowest BCUT2D eigenvalue weighted by Gasteiger charge is -2.14. The Balaban J connectivity index is 1.40. The standard InChI is InChI=1S/C30H18F2N2O4/c1-18(19-2-6-21(7-3-19)29(35)37-25-12-10-23(16-33)27(31)14-25)20-4-8-22(9-5-20)30(36)38-26-13-11-24(17-34)28(32)15-26/h2-15,18H,1H3. The van der Waals surface area contributed by atoms with Crippen LogP contribution in [0.15, 0.2) is 84.9 Å². The van der Waals surface area contributed by atoms with Crippen molar-refractivity contribution in [3.05, 3.63) is 130 Å².